The molecule has 0 bridgehead atoms. The largest absolute Gasteiger partial charge is 0.480 e. The molecule has 4 amide bonds. The SMILES string of the molecule is CCC(C)C(NC(=O)C(CCC(N)=O)NC(=O)C(C)NC(=O)C(N)CC(C)C)C(=O)O. The molecule has 0 rings (SSSR count). The van der Waals surface area contributed by atoms with Crippen LogP contribution in [0.3, 0.4) is 0 Å². The molecule has 0 aromatic rings. The quantitative estimate of drug-likeness (QED) is 0.203. The van der Waals surface area contributed by atoms with Crippen molar-refractivity contribution >= 4 is 29.6 Å². The Bertz CT molecular complexity index is 654. The van der Waals surface area contributed by atoms with Crippen LogP contribution in [0.25, 0.3) is 0 Å². The van der Waals surface area contributed by atoms with Gasteiger partial charge in [0.05, 0.1) is 6.04 Å². The monoisotopic (exact) mass is 443 g/mol. The van der Waals surface area contributed by atoms with Gasteiger partial charge in [-0.15, -0.1) is 0 Å². The van der Waals surface area contributed by atoms with E-state index in [0.29, 0.717) is 12.8 Å². The Labute approximate surface area is 183 Å². The molecule has 11 heteroatoms. The first-order chi connectivity index (χ1) is 14.3. The van der Waals surface area contributed by atoms with E-state index in [1.165, 1.54) is 6.92 Å². The number of carbonyl (C=O) groups excluding carboxylic acids is 4. The van der Waals surface area contributed by atoms with Crippen molar-refractivity contribution < 1.29 is 29.1 Å². The summed E-state index contributed by atoms with van der Waals surface area (Å²) < 4.78 is 0. The average Bonchev–Trinajstić information content (AvgIpc) is 2.66. The number of nitrogens with two attached hydrogens (primary N) is 2. The molecular weight excluding hydrogens is 406 g/mol. The number of hydrogen-bond acceptors (Lipinski definition) is 6. The normalized spacial score (nSPS) is 15.8. The maximum Gasteiger partial charge on any atom is 0.326 e. The van der Waals surface area contributed by atoms with Gasteiger partial charge in [-0.3, -0.25) is 19.2 Å². The van der Waals surface area contributed by atoms with Gasteiger partial charge in [0.15, 0.2) is 0 Å². The molecule has 0 aliphatic rings. The Morgan fingerprint density at radius 1 is 0.903 bits per heavy atom. The van der Waals surface area contributed by atoms with Crippen LogP contribution in [-0.4, -0.2) is 58.9 Å². The number of carboxylic acids is 1. The lowest BCUT2D eigenvalue weighted by molar-refractivity contribution is -0.144. The van der Waals surface area contributed by atoms with Crippen molar-refractivity contribution in [2.75, 3.05) is 0 Å². The summed E-state index contributed by atoms with van der Waals surface area (Å²) in [5, 5.41) is 16.7. The molecule has 0 saturated carbocycles. The van der Waals surface area contributed by atoms with Gasteiger partial charge in [-0.25, -0.2) is 4.79 Å². The fourth-order valence-corrected chi connectivity index (χ4v) is 2.79. The van der Waals surface area contributed by atoms with Crippen LogP contribution < -0.4 is 27.4 Å². The summed E-state index contributed by atoms with van der Waals surface area (Å²) in [5.41, 5.74) is 10.9. The second kappa shape index (κ2) is 13.6. The standard InChI is InChI=1S/C20H37N5O6/c1-6-11(4)16(20(30)31)25-19(29)14(7-8-15(22)26)24-17(27)12(5)23-18(28)13(21)9-10(2)3/h10-14,16H,6-9,21H2,1-5H3,(H2,22,26)(H,23,28)(H,24,27)(H,25,29)(H,30,31). The second-order valence-electron chi connectivity index (χ2n) is 8.24. The van der Waals surface area contributed by atoms with E-state index in [0.717, 1.165) is 0 Å². The molecule has 0 radical (unpaired) electrons. The third-order valence-electron chi connectivity index (χ3n) is 4.90. The van der Waals surface area contributed by atoms with E-state index in [-0.39, 0.29) is 24.7 Å². The van der Waals surface area contributed by atoms with E-state index in [4.69, 9.17) is 11.5 Å². The fraction of sp³-hybridized carbons (Fsp3) is 0.750. The predicted octanol–water partition coefficient (Wildman–Crippen LogP) is -0.770. The maximum absolute atomic E-state index is 12.7. The first-order valence-corrected chi connectivity index (χ1v) is 10.5. The molecule has 0 aliphatic carbocycles. The minimum absolute atomic E-state index is 0.118. The molecule has 178 valence electrons. The lowest BCUT2D eigenvalue weighted by atomic mass is 9.98. The van der Waals surface area contributed by atoms with E-state index < -0.39 is 53.8 Å². The lowest BCUT2D eigenvalue weighted by Crippen LogP contribution is -2.57. The number of amides is 4. The van der Waals surface area contributed by atoms with E-state index in [9.17, 15) is 29.1 Å². The van der Waals surface area contributed by atoms with E-state index in [1.54, 1.807) is 13.8 Å². The summed E-state index contributed by atoms with van der Waals surface area (Å²) in [6, 6.07) is -4.14. The van der Waals surface area contributed by atoms with E-state index >= 15 is 0 Å². The Morgan fingerprint density at radius 2 is 1.48 bits per heavy atom. The van der Waals surface area contributed by atoms with Gasteiger partial charge in [-0.1, -0.05) is 34.1 Å². The van der Waals surface area contributed by atoms with Gasteiger partial charge in [0, 0.05) is 6.42 Å². The predicted molar refractivity (Wildman–Crippen MR) is 114 cm³/mol. The molecule has 0 heterocycles. The zero-order valence-electron chi connectivity index (χ0n) is 18.9. The number of rotatable bonds is 14. The molecular formula is C20H37N5O6. The van der Waals surface area contributed by atoms with Gasteiger partial charge < -0.3 is 32.5 Å². The third-order valence-corrected chi connectivity index (χ3v) is 4.90. The summed E-state index contributed by atoms with van der Waals surface area (Å²) in [6.45, 7) is 8.71. The molecule has 5 atom stereocenters. The zero-order chi connectivity index (χ0) is 24.3. The number of nitrogens with one attached hydrogen (secondary N) is 3. The minimum Gasteiger partial charge on any atom is -0.480 e. The average molecular weight is 444 g/mol. The van der Waals surface area contributed by atoms with Crippen LogP contribution in [0.4, 0.5) is 0 Å². The molecule has 5 unspecified atom stereocenters. The summed E-state index contributed by atoms with van der Waals surface area (Å²) >= 11 is 0. The van der Waals surface area contributed by atoms with Crippen molar-refractivity contribution in [3.05, 3.63) is 0 Å². The van der Waals surface area contributed by atoms with Gasteiger partial charge in [0.2, 0.25) is 23.6 Å². The Balaban J connectivity index is 5.22. The van der Waals surface area contributed by atoms with E-state index in [1.807, 2.05) is 13.8 Å². The molecule has 11 nitrogen and oxygen atoms in total. The van der Waals surface area contributed by atoms with Crippen LogP contribution in [0.5, 0.6) is 0 Å². The number of primary amides is 1. The lowest BCUT2D eigenvalue weighted by Gasteiger charge is -2.25. The van der Waals surface area contributed by atoms with Crippen molar-refractivity contribution in [3.8, 4) is 0 Å². The minimum atomic E-state index is -1.21. The Hall–Kier alpha value is -2.69. The van der Waals surface area contributed by atoms with Gasteiger partial charge in [-0.05, 0) is 31.6 Å². The van der Waals surface area contributed by atoms with Crippen LogP contribution in [-0.2, 0) is 24.0 Å². The molecule has 0 aliphatic heterocycles. The highest BCUT2D eigenvalue weighted by Gasteiger charge is 2.31. The Kier molecular flexibility index (Phi) is 12.4. The Morgan fingerprint density at radius 3 is 1.94 bits per heavy atom. The molecule has 0 aromatic carbocycles. The highest BCUT2D eigenvalue weighted by Crippen LogP contribution is 2.09. The highest BCUT2D eigenvalue weighted by molar-refractivity contribution is 5.94. The van der Waals surface area contributed by atoms with Crippen LogP contribution in [0.2, 0.25) is 0 Å². The first kappa shape index (κ1) is 28.3. The highest BCUT2D eigenvalue weighted by atomic mass is 16.4. The zero-order valence-corrected chi connectivity index (χ0v) is 18.9. The third kappa shape index (κ3) is 10.8. The van der Waals surface area contributed by atoms with Crippen molar-refractivity contribution in [1.82, 2.24) is 16.0 Å². The summed E-state index contributed by atoms with van der Waals surface area (Å²) in [7, 11) is 0. The van der Waals surface area contributed by atoms with Gasteiger partial charge >= 0.3 is 5.97 Å². The smallest absolute Gasteiger partial charge is 0.326 e. The summed E-state index contributed by atoms with van der Waals surface area (Å²) in [4.78, 5) is 59.9. The van der Waals surface area contributed by atoms with Crippen LogP contribution in [0.15, 0.2) is 0 Å². The summed E-state index contributed by atoms with van der Waals surface area (Å²) in [5.74, 6) is -3.97. The molecule has 0 spiro atoms. The van der Waals surface area contributed by atoms with Crippen LogP contribution in [0.1, 0.15) is 60.3 Å². The maximum atomic E-state index is 12.7. The first-order valence-electron chi connectivity index (χ1n) is 10.5. The molecule has 8 N–H and O–H groups in total. The second-order valence-corrected chi connectivity index (χ2v) is 8.24. The fourth-order valence-electron chi connectivity index (χ4n) is 2.79. The van der Waals surface area contributed by atoms with E-state index in [2.05, 4.69) is 16.0 Å². The topological polar surface area (TPSA) is 194 Å². The summed E-state index contributed by atoms with van der Waals surface area (Å²) in [6.07, 6.45) is 0.637. The molecule has 31 heavy (non-hydrogen) atoms. The number of aliphatic carboxylic acids is 1. The van der Waals surface area contributed by atoms with Crippen LogP contribution in [0, 0.1) is 11.8 Å². The van der Waals surface area contributed by atoms with Gasteiger partial charge in [0.25, 0.3) is 0 Å². The van der Waals surface area contributed by atoms with Gasteiger partial charge in [-0.2, -0.15) is 0 Å². The van der Waals surface area contributed by atoms with Gasteiger partial charge in [0.1, 0.15) is 18.1 Å². The van der Waals surface area contributed by atoms with Crippen LogP contribution >= 0.6 is 0 Å². The van der Waals surface area contributed by atoms with Crippen molar-refractivity contribution in [2.24, 2.45) is 23.3 Å². The van der Waals surface area contributed by atoms with Crippen molar-refractivity contribution in [1.29, 1.82) is 0 Å². The molecule has 0 aromatic heterocycles. The number of carboxylic acid groups (broad SMARTS) is 1. The number of hydrogen-bond donors (Lipinski definition) is 6. The number of carbonyl (C=O) groups is 5. The molecule has 0 saturated heterocycles. The van der Waals surface area contributed by atoms with Crippen molar-refractivity contribution in [2.45, 2.75) is 84.5 Å². The molecule has 0 fully saturated rings. The van der Waals surface area contributed by atoms with Crippen molar-refractivity contribution in [3.63, 3.8) is 0 Å².